The Bertz CT molecular complexity index is 1390. The van der Waals surface area contributed by atoms with E-state index < -0.39 is 6.23 Å². The maximum atomic E-state index is 13.0. The van der Waals surface area contributed by atoms with Crippen molar-refractivity contribution in [2.75, 3.05) is 10.2 Å². The molecular formula is C27H30N6O2S. The average Bonchev–Trinajstić information content (AvgIpc) is 3.45. The normalized spacial score (nSPS) is 15.3. The number of anilines is 2. The molecule has 0 radical (unpaired) electrons. The maximum absolute atomic E-state index is 13.0. The monoisotopic (exact) mass is 502 g/mol. The molecule has 4 heterocycles. The number of aromatic nitrogens is 4. The first-order valence-electron chi connectivity index (χ1n) is 12.1. The second-order valence-electron chi connectivity index (χ2n) is 9.43. The van der Waals surface area contributed by atoms with Gasteiger partial charge in [-0.2, -0.15) is 5.10 Å². The van der Waals surface area contributed by atoms with E-state index in [1.165, 1.54) is 16.9 Å². The highest BCUT2D eigenvalue weighted by atomic mass is 32.1. The Labute approximate surface area is 214 Å². The molecule has 1 unspecified atom stereocenters. The standard InChI is InChI=1S/C27H30N6O2S/c1-16(2)33-18(4)25(17(3)31-33)26(35)30-27-29-22(15-36-27)20-7-9-23-21(12-20)8-10-24(34)32(23)14-19-6-5-11-28-13-19/h5-7,9,11-13,15-16,24,34H,8,10,14H2,1-4H3,(H,29,30,35). The van der Waals surface area contributed by atoms with Gasteiger partial charge in [0.1, 0.15) is 6.23 Å². The molecule has 0 aliphatic carbocycles. The van der Waals surface area contributed by atoms with Crippen molar-refractivity contribution in [3.05, 3.63) is 76.2 Å². The largest absolute Gasteiger partial charge is 0.374 e. The second kappa shape index (κ2) is 9.83. The van der Waals surface area contributed by atoms with E-state index in [-0.39, 0.29) is 11.9 Å². The van der Waals surface area contributed by atoms with Crippen LogP contribution in [0.2, 0.25) is 0 Å². The molecule has 1 aromatic carbocycles. The van der Waals surface area contributed by atoms with Gasteiger partial charge < -0.3 is 10.0 Å². The summed E-state index contributed by atoms with van der Waals surface area (Å²) < 4.78 is 1.87. The van der Waals surface area contributed by atoms with Crippen LogP contribution in [-0.2, 0) is 13.0 Å². The second-order valence-corrected chi connectivity index (χ2v) is 10.3. The SMILES string of the molecule is Cc1nn(C(C)C)c(C)c1C(=O)Nc1nc(-c2ccc3c(c2)CCC(O)N3Cc2cccnc2)cs1. The number of carbonyl (C=O) groups excluding carboxylic acids is 1. The van der Waals surface area contributed by atoms with Gasteiger partial charge in [-0.05, 0) is 69.9 Å². The molecule has 0 spiro atoms. The van der Waals surface area contributed by atoms with Crippen LogP contribution in [0.15, 0.2) is 48.1 Å². The summed E-state index contributed by atoms with van der Waals surface area (Å²) in [5.74, 6) is -0.191. The fraction of sp³-hybridized carbons (Fsp3) is 0.333. The predicted octanol–water partition coefficient (Wildman–Crippen LogP) is 5.12. The molecule has 0 fully saturated rings. The molecule has 9 heteroatoms. The van der Waals surface area contributed by atoms with Crippen LogP contribution in [0.4, 0.5) is 10.8 Å². The fourth-order valence-corrected chi connectivity index (χ4v) is 5.54. The van der Waals surface area contributed by atoms with Crippen molar-refractivity contribution in [1.29, 1.82) is 0 Å². The summed E-state index contributed by atoms with van der Waals surface area (Å²) in [4.78, 5) is 23.9. The Morgan fingerprint density at radius 1 is 1.28 bits per heavy atom. The number of pyridine rings is 1. The number of benzene rings is 1. The molecule has 3 aromatic heterocycles. The Hall–Kier alpha value is -3.56. The topological polar surface area (TPSA) is 96.2 Å². The van der Waals surface area contributed by atoms with Crippen molar-refractivity contribution >= 4 is 28.1 Å². The number of nitrogens with one attached hydrogen (secondary N) is 1. The summed E-state index contributed by atoms with van der Waals surface area (Å²) in [6.45, 7) is 8.47. The number of fused-ring (bicyclic) bond motifs is 1. The smallest absolute Gasteiger partial charge is 0.261 e. The third-order valence-corrected chi connectivity index (χ3v) is 7.32. The molecule has 36 heavy (non-hydrogen) atoms. The van der Waals surface area contributed by atoms with Crippen LogP contribution in [0, 0.1) is 13.8 Å². The van der Waals surface area contributed by atoms with Gasteiger partial charge in [0.25, 0.3) is 5.91 Å². The number of aryl methyl sites for hydroxylation is 2. The number of hydrogen-bond acceptors (Lipinski definition) is 7. The van der Waals surface area contributed by atoms with Gasteiger partial charge in [-0.25, -0.2) is 4.98 Å². The van der Waals surface area contributed by atoms with Crippen LogP contribution in [-0.4, -0.2) is 37.0 Å². The highest BCUT2D eigenvalue weighted by molar-refractivity contribution is 7.14. The quantitative estimate of drug-likeness (QED) is 0.380. The van der Waals surface area contributed by atoms with E-state index in [2.05, 4.69) is 26.4 Å². The summed E-state index contributed by atoms with van der Waals surface area (Å²) in [5, 5.41) is 20.6. The number of carbonyl (C=O) groups is 1. The van der Waals surface area contributed by atoms with Gasteiger partial charge in [-0.3, -0.25) is 19.8 Å². The molecule has 5 rings (SSSR count). The van der Waals surface area contributed by atoms with Crippen LogP contribution in [0.1, 0.15) is 59.2 Å². The van der Waals surface area contributed by atoms with E-state index in [1.807, 2.05) is 73.1 Å². The summed E-state index contributed by atoms with van der Waals surface area (Å²) in [5.41, 5.74) is 7.22. The van der Waals surface area contributed by atoms with E-state index in [9.17, 15) is 9.90 Å². The Morgan fingerprint density at radius 2 is 2.11 bits per heavy atom. The first-order valence-corrected chi connectivity index (χ1v) is 13.0. The highest BCUT2D eigenvalue weighted by Gasteiger charge is 2.25. The lowest BCUT2D eigenvalue weighted by Crippen LogP contribution is -2.38. The number of thiazole rings is 1. The number of rotatable bonds is 6. The molecule has 186 valence electrons. The molecule has 1 atom stereocenters. The fourth-order valence-electron chi connectivity index (χ4n) is 4.82. The molecule has 0 bridgehead atoms. The van der Waals surface area contributed by atoms with Gasteiger partial charge in [-0.15, -0.1) is 11.3 Å². The number of nitrogens with zero attached hydrogens (tertiary/aromatic N) is 5. The lowest BCUT2D eigenvalue weighted by Gasteiger charge is -2.36. The van der Waals surface area contributed by atoms with Crippen molar-refractivity contribution < 1.29 is 9.90 Å². The highest BCUT2D eigenvalue weighted by Crippen LogP contribution is 2.35. The maximum Gasteiger partial charge on any atom is 0.261 e. The van der Waals surface area contributed by atoms with Crippen molar-refractivity contribution in [3.8, 4) is 11.3 Å². The van der Waals surface area contributed by atoms with Gasteiger partial charge >= 0.3 is 0 Å². The summed E-state index contributed by atoms with van der Waals surface area (Å²) in [6.07, 6.45) is 4.51. The molecule has 1 aliphatic rings. The first kappa shape index (κ1) is 24.1. The average molecular weight is 503 g/mol. The minimum atomic E-state index is -0.531. The lowest BCUT2D eigenvalue weighted by molar-refractivity contribution is 0.102. The first-order chi connectivity index (χ1) is 17.3. The van der Waals surface area contributed by atoms with Crippen LogP contribution in [0.5, 0.6) is 0 Å². The number of amides is 1. The van der Waals surface area contributed by atoms with Crippen LogP contribution in [0.25, 0.3) is 11.3 Å². The molecule has 8 nitrogen and oxygen atoms in total. The molecule has 2 N–H and O–H groups in total. The minimum absolute atomic E-state index is 0.183. The Balaban J connectivity index is 1.35. The molecule has 1 aliphatic heterocycles. The minimum Gasteiger partial charge on any atom is -0.374 e. The molecule has 4 aromatic rings. The van der Waals surface area contributed by atoms with Crippen molar-refractivity contribution in [2.45, 2.75) is 59.4 Å². The van der Waals surface area contributed by atoms with Crippen LogP contribution < -0.4 is 10.2 Å². The third kappa shape index (κ3) is 4.64. The zero-order chi connectivity index (χ0) is 25.4. The molecule has 0 saturated carbocycles. The van der Waals surface area contributed by atoms with E-state index >= 15 is 0 Å². The van der Waals surface area contributed by atoms with Crippen LogP contribution in [0.3, 0.4) is 0 Å². The van der Waals surface area contributed by atoms with Crippen molar-refractivity contribution in [2.24, 2.45) is 0 Å². The third-order valence-electron chi connectivity index (χ3n) is 6.56. The van der Waals surface area contributed by atoms with Gasteiger partial charge in [0.15, 0.2) is 5.13 Å². The number of aliphatic hydroxyl groups excluding tert-OH is 1. The summed E-state index contributed by atoms with van der Waals surface area (Å²) in [7, 11) is 0. The number of aliphatic hydroxyl groups is 1. The molecular weight excluding hydrogens is 472 g/mol. The zero-order valence-electron chi connectivity index (χ0n) is 20.9. The predicted molar refractivity (Wildman–Crippen MR) is 142 cm³/mol. The summed E-state index contributed by atoms with van der Waals surface area (Å²) >= 11 is 1.40. The van der Waals surface area contributed by atoms with Gasteiger partial charge in [0.2, 0.25) is 0 Å². The van der Waals surface area contributed by atoms with E-state index in [4.69, 9.17) is 0 Å². The van der Waals surface area contributed by atoms with Crippen molar-refractivity contribution in [3.63, 3.8) is 0 Å². The lowest BCUT2D eigenvalue weighted by atomic mass is 9.97. The zero-order valence-corrected chi connectivity index (χ0v) is 21.7. The Morgan fingerprint density at radius 3 is 2.83 bits per heavy atom. The van der Waals surface area contributed by atoms with E-state index in [1.54, 1.807) is 6.20 Å². The van der Waals surface area contributed by atoms with E-state index in [0.29, 0.717) is 29.4 Å². The number of hydrogen-bond donors (Lipinski definition) is 2. The summed E-state index contributed by atoms with van der Waals surface area (Å²) in [6, 6.07) is 10.3. The van der Waals surface area contributed by atoms with Crippen molar-refractivity contribution in [1.82, 2.24) is 19.7 Å². The molecule has 0 saturated heterocycles. The van der Waals surface area contributed by atoms with Gasteiger partial charge in [-0.1, -0.05) is 12.1 Å². The van der Waals surface area contributed by atoms with Crippen LogP contribution >= 0.6 is 11.3 Å². The van der Waals surface area contributed by atoms with E-state index in [0.717, 1.165) is 34.6 Å². The van der Waals surface area contributed by atoms with Gasteiger partial charge in [0, 0.05) is 47.3 Å². The van der Waals surface area contributed by atoms with Gasteiger partial charge in [0.05, 0.1) is 17.0 Å². The molecule has 1 amide bonds. The Kier molecular flexibility index (Phi) is 6.59.